The highest BCUT2D eigenvalue weighted by atomic mass is 19.4. The largest absolute Gasteiger partial charge is 0.389 e. The second-order valence-corrected chi connectivity index (χ2v) is 3.61. The Morgan fingerprint density at radius 1 is 1.31 bits per heavy atom. The monoisotopic (exact) mass is 197 g/mol. The van der Waals surface area contributed by atoms with Gasteiger partial charge in [0.15, 0.2) is 5.78 Å². The fourth-order valence-electron chi connectivity index (χ4n) is 0.772. The van der Waals surface area contributed by atoms with Gasteiger partial charge in [-0.05, 0) is 20.3 Å². The van der Waals surface area contributed by atoms with Crippen LogP contribution in [0.3, 0.4) is 0 Å². The van der Waals surface area contributed by atoms with Crippen LogP contribution in [0.4, 0.5) is 13.2 Å². The van der Waals surface area contributed by atoms with E-state index in [9.17, 15) is 18.0 Å². The summed E-state index contributed by atoms with van der Waals surface area (Å²) >= 11 is 0. The third kappa shape index (κ3) is 6.57. The quantitative estimate of drug-likeness (QED) is 0.749. The summed E-state index contributed by atoms with van der Waals surface area (Å²) in [5.41, 5.74) is 4.38. The number of nitrogens with two attached hydrogens (primary N) is 1. The van der Waals surface area contributed by atoms with Gasteiger partial charge in [-0.15, -0.1) is 0 Å². The van der Waals surface area contributed by atoms with Gasteiger partial charge in [0.25, 0.3) is 0 Å². The summed E-state index contributed by atoms with van der Waals surface area (Å²) in [4.78, 5) is 11.1. The van der Waals surface area contributed by atoms with Gasteiger partial charge in [-0.25, -0.2) is 0 Å². The van der Waals surface area contributed by atoms with Crippen molar-refractivity contribution < 1.29 is 18.0 Å². The van der Waals surface area contributed by atoms with Gasteiger partial charge in [-0.2, -0.15) is 13.2 Å². The van der Waals surface area contributed by atoms with Crippen LogP contribution in [0.15, 0.2) is 0 Å². The molecule has 0 aromatic carbocycles. The standard InChI is InChI=1S/C8H14F3NO/c1-7(2,12)6(13)4-3-5-8(9,10)11/h3-5,12H2,1-2H3. The van der Waals surface area contributed by atoms with Crippen molar-refractivity contribution in [1.29, 1.82) is 0 Å². The predicted octanol–water partition coefficient (Wildman–Crippen LogP) is 2.03. The summed E-state index contributed by atoms with van der Waals surface area (Å²) in [6.07, 6.45) is -5.39. The number of carbonyl (C=O) groups is 1. The minimum Gasteiger partial charge on any atom is -0.319 e. The average molecular weight is 197 g/mol. The van der Waals surface area contributed by atoms with Crippen LogP contribution < -0.4 is 5.73 Å². The molecule has 0 unspecified atom stereocenters. The van der Waals surface area contributed by atoms with E-state index < -0.39 is 18.1 Å². The number of Topliss-reactive ketones (excluding diaryl/α,β-unsaturated/α-hetero) is 1. The lowest BCUT2D eigenvalue weighted by Crippen LogP contribution is -2.41. The van der Waals surface area contributed by atoms with Crippen molar-refractivity contribution in [2.24, 2.45) is 5.73 Å². The maximum atomic E-state index is 11.7. The highest BCUT2D eigenvalue weighted by Crippen LogP contribution is 2.22. The molecule has 0 aliphatic heterocycles. The molecule has 0 heterocycles. The summed E-state index contributed by atoms with van der Waals surface area (Å²) in [5.74, 6) is -0.336. The zero-order chi connectivity index (χ0) is 10.7. The molecule has 0 aromatic heterocycles. The van der Waals surface area contributed by atoms with E-state index >= 15 is 0 Å². The SMILES string of the molecule is CC(C)(N)C(=O)CCCC(F)(F)F. The first-order valence-corrected chi connectivity index (χ1v) is 4.02. The smallest absolute Gasteiger partial charge is 0.319 e. The first-order chi connectivity index (χ1) is 5.63. The molecule has 0 atom stereocenters. The van der Waals surface area contributed by atoms with Crippen LogP contribution in [0.25, 0.3) is 0 Å². The third-order valence-corrected chi connectivity index (χ3v) is 1.58. The molecule has 0 aliphatic rings. The number of hydrogen-bond donors (Lipinski definition) is 1. The molecule has 2 nitrogen and oxygen atoms in total. The van der Waals surface area contributed by atoms with Crippen LogP contribution in [0.1, 0.15) is 33.1 Å². The minimum atomic E-state index is -4.18. The lowest BCUT2D eigenvalue weighted by molar-refractivity contribution is -0.137. The summed E-state index contributed by atoms with van der Waals surface area (Å²) in [5, 5.41) is 0. The molecular formula is C8H14F3NO. The maximum absolute atomic E-state index is 11.7. The molecule has 78 valence electrons. The molecule has 0 bridgehead atoms. The fourth-order valence-corrected chi connectivity index (χ4v) is 0.772. The fraction of sp³-hybridized carbons (Fsp3) is 0.875. The van der Waals surface area contributed by atoms with E-state index in [1.807, 2.05) is 0 Å². The first-order valence-electron chi connectivity index (χ1n) is 4.02. The van der Waals surface area contributed by atoms with Gasteiger partial charge in [0.05, 0.1) is 5.54 Å². The molecule has 0 saturated heterocycles. The van der Waals surface area contributed by atoms with Gasteiger partial charge >= 0.3 is 6.18 Å². The van der Waals surface area contributed by atoms with Crippen LogP contribution in [0.2, 0.25) is 0 Å². The van der Waals surface area contributed by atoms with Crippen molar-refractivity contribution in [1.82, 2.24) is 0 Å². The van der Waals surface area contributed by atoms with Gasteiger partial charge in [0, 0.05) is 12.8 Å². The maximum Gasteiger partial charge on any atom is 0.389 e. The average Bonchev–Trinajstić information content (AvgIpc) is 1.82. The lowest BCUT2D eigenvalue weighted by atomic mass is 9.96. The van der Waals surface area contributed by atoms with Gasteiger partial charge in [-0.1, -0.05) is 0 Å². The highest BCUT2D eigenvalue weighted by molar-refractivity contribution is 5.87. The molecule has 0 aromatic rings. The second-order valence-electron chi connectivity index (χ2n) is 3.61. The van der Waals surface area contributed by atoms with Crippen molar-refractivity contribution in [3.8, 4) is 0 Å². The van der Waals surface area contributed by atoms with Crippen LogP contribution in [0.5, 0.6) is 0 Å². The zero-order valence-electron chi connectivity index (χ0n) is 7.74. The molecule has 5 heteroatoms. The van der Waals surface area contributed by atoms with Crippen molar-refractivity contribution in [2.75, 3.05) is 0 Å². The van der Waals surface area contributed by atoms with E-state index in [4.69, 9.17) is 5.73 Å². The van der Waals surface area contributed by atoms with Gasteiger partial charge < -0.3 is 5.73 Å². The number of halogens is 3. The molecule has 0 radical (unpaired) electrons. The Morgan fingerprint density at radius 3 is 2.08 bits per heavy atom. The Morgan fingerprint density at radius 2 is 1.77 bits per heavy atom. The Balaban J connectivity index is 3.74. The molecule has 13 heavy (non-hydrogen) atoms. The van der Waals surface area contributed by atoms with E-state index in [0.717, 1.165) is 0 Å². The molecule has 2 N–H and O–H groups in total. The minimum absolute atomic E-state index is 0.108. The van der Waals surface area contributed by atoms with E-state index in [2.05, 4.69) is 0 Å². The summed E-state index contributed by atoms with van der Waals surface area (Å²) < 4.78 is 35.0. The van der Waals surface area contributed by atoms with E-state index in [1.165, 1.54) is 13.8 Å². The molecule has 0 fully saturated rings. The van der Waals surface area contributed by atoms with Gasteiger partial charge in [0.2, 0.25) is 0 Å². The molecule has 0 rings (SSSR count). The number of rotatable bonds is 4. The second kappa shape index (κ2) is 4.09. The number of alkyl halides is 3. The number of carbonyl (C=O) groups excluding carboxylic acids is 1. The van der Waals surface area contributed by atoms with Crippen LogP contribution in [0, 0.1) is 0 Å². The van der Waals surface area contributed by atoms with E-state index in [0.29, 0.717) is 0 Å². The Kier molecular flexibility index (Phi) is 3.90. The normalized spacial score (nSPS) is 13.1. The van der Waals surface area contributed by atoms with Crippen molar-refractivity contribution in [2.45, 2.75) is 44.8 Å². The van der Waals surface area contributed by atoms with E-state index in [1.54, 1.807) is 0 Å². The molecule has 0 amide bonds. The van der Waals surface area contributed by atoms with Gasteiger partial charge in [-0.3, -0.25) is 4.79 Å². The van der Waals surface area contributed by atoms with Crippen molar-refractivity contribution >= 4 is 5.78 Å². The van der Waals surface area contributed by atoms with E-state index in [-0.39, 0.29) is 18.6 Å². The van der Waals surface area contributed by atoms with Crippen molar-refractivity contribution in [3.63, 3.8) is 0 Å². The van der Waals surface area contributed by atoms with Crippen molar-refractivity contribution in [3.05, 3.63) is 0 Å². The first kappa shape index (κ1) is 12.4. The Hall–Kier alpha value is -0.580. The van der Waals surface area contributed by atoms with Gasteiger partial charge in [0.1, 0.15) is 0 Å². The molecule has 0 saturated carbocycles. The molecule has 0 aliphatic carbocycles. The number of ketones is 1. The summed E-state index contributed by atoms with van der Waals surface area (Å²) in [7, 11) is 0. The van der Waals surface area contributed by atoms with Crippen LogP contribution in [-0.2, 0) is 4.79 Å². The number of hydrogen-bond acceptors (Lipinski definition) is 2. The Labute approximate surface area is 75.3 Å². The zero-order valence-corrected chi connectivity index (χ0v) is 7.74. The topological polar surface area (TPSA) is 43.1 Å². The third-order valence-electron chi connectivity index (χ3n) is 1.58. The van der Waals surface area contributed by atoms with Crippen LogP contribution >= 0.6 is 0 Å². The predicted molar refractivity (Wildman–Crippen MR) is 43.2 cm³/mol. The lowest BCUT2D eigenvalue weighted by Gasteiger charge is -2.16. The summed E-state index contributed by atoms with van der Waals surface area (Å²) in [6.45, 7) is 2.98. The summed E-state index contributed by atoms with van der Waals surface area (Å²) in [6, 6.07) is 0. The molecule has 0 spiro atoms. The van der Waals surface area contributed by atoms with Crippen LogP contribution in [-0.4, -0.2) is 17.5 Å². The molecular weight excluding hydrogens is 183 g/mol. The Bertz CT molecular complexity index is 181. The highest BCUT2D eigenvalue weighted by Gasteiger charge is 2.28.